The third-order valence-corrected chi connectivity index (χ3v) is 4.41. The quantitative estimate of drug-likeness (QED) is 0.781. The van der Waals surface area contributed by atoms with Crippen molar-refractivity contribution in [2.45, 2.75) is 18.7 Å². The Kier molecular flexibility index (Phi) is 5.16. The van der Waals surface area contributed by atoms with E-state index in [4.69, 9.17) is 9.05 Å². The van der Waals surface area contributed by atoms with Gasteiger partial charge < -0.3 is 14.2 Å². The Labute approximate surface area is 95.7 Å². The van der Waals surface area contributed by atoms with Gasteiger partial charge in [0.05, 0.1) is 0 Å². The van der Waals surface area contributed by atoms with E-state index in [0.29, 0.717) is 12.8 Å². The second-order valence-electron chi connectivity index (χ2n) is 3.41. The summed E-state index contributed by atoms with van der Waals surface area (Å²) in [5.41, 5.74) is 1.08. The molecule has 0 aliphatic heterocycles. The van der Waals surface area contributed by atoms with Gasteiger partial charge in [-0.05, 0) is 18.4 Å². The lowest BCUT2D eigenvalue weighted by atomic mass is 10.1. The Hall–Kier alpha value is -0.670. The van der Waals surface area contributed by atoms with Crippen molar-refractivity contribution in [1.29, 1.82) is 0 Å². The van der Waals surface area contributed by atoms with Crippen LogP contribution in [0.3, 0.4) is 0 Å². The molecule has 0 bridgehead atoms. The van der Waals surface area contributed by atoms with Crippen LogP contribution in [-0.2, 0) is 20.0 Å². The van der Waals surface area contributed by atoms with Gasteiger partial charge in [0.15, 0.2) is 5.85 Å². The van der Waals surface area contributed by atoms with Crippen molar-refractivity contribution < 1.29 is 18.7 Å². The molecular weight excluding hydrogens is 227 g/mol. The highest BCUT2D eigenvalue weighted by molar-refractivity contribution is 7.54. The predicted molar refractivity (Wildman–Crippen MR) is 62.4 cm³/mol. The van der Waals surface area contributed by atoms with Gasteiger partial charge in [-0.3, -0.25) is 4.57 Å². The lowest BCUT2D eigenvalue weighted by Crippen LogP contribution is -2.11. The molecule has 1 unspecified atom stereocenters. The average molecular weight is 244 g/mol. The molecule has 1 N–H and O–H groups in total. The van der Waals surface area contributed by atoms with Crippen LogP contribution in [0, 0.1) is 0 Å². The standard InChI is InChI=1S/C11H17O4P/c1-14-16(13,15-2)11(12)9-8-10-6-4-3-5-7-10/h3-7,11-12H,8-9H2,1-2H3. The molecule has 1 atom stereocenters. The maximum atomic E-state index is 11.8. The van der Waals surface area contributed by atoms with Crippen LogP contribution in [0.15, 0.2) is 30.3 Å². The number of hydrogen-bond donors (Lipinski definition) is 1. The number of aliphatic hydroxyl groups excluding tert-OH is 1. The first-order chi connectivity index (χ1) is 7.62. The van der Waals surface area contributed by atoms with E-state index >= 15 is 0 Å². The number of aryl methyl sites for hydroxylation is 1. The first kappa shape index (κ1) is 13.4. The van der Waals surface area contributed by atoms with Crippen LogP contribution in [0.4, 0.5) is 0 Å². The van der Waals surface area contributed by atoms with Gasteiger partial charge in [-0.1, -0.05) is 30.3 Å². The Morgan fingerprint density at radius 2 is 1.81 bits per heavy atom. The normalized spacial score (nSPS) is 13.7. The predicted octanol–water partition coefficient (Wildman–Crippen LogP) is 2.42. The first-order valence-corrected chi connectivity index (χ1v) is 6.66. The number of benzene rings is 1. The lowest BCUT2D eigenvalue weighted by Gasteiger charge is -2.19. The second-order valence-corrected chi connectivity index (χ2v) is 5.82. The van der Waals surface area contributed by atoms with Gasteiger partial charge in [-0.2, -0.15) is 0 Å². The maximum absolute atomic E-state index is 11.8. The Morgan fingerprint density at radius 3 is 2.31 bits per heavy atom. The van der Waals surface area contributed by atoms with Crippen molar-refractivity contribution in [3.05, 3.63) is 35.9 Å². The lowest BCUT2D eigenvalue weighted by molar-refractivity contribution is 0.168. The summed E-state index contributed by atoms with van der Waals surface area (Å²) in [5, 5.41) is 9.72. The van der Waals surface area contributed by atoms with Gasteiger partial charge >= 0.3 is 7.60 Å². The van der Waals surface area contributed by atoms with Gasteiger partial charge in [-0.25, -0.2) is 0 Å². The van der Waals surface area contributed by atoms with Crippen molar-refractivity contribution in [1.82, 2.24) is 0 Å². The van der Waals surface area contributed by atoms with Gasteiger partial charge in [0, 0.05) is 14.2 Å². The van der Waals surface area contributed by atoms with Crippen LogP contribution < -0.4 is 0 Å². The molecule has 0 saturated carbocycles. The van der Waals surface area contributed by atoms with Gasteiger partial charge in [-0.15, -0.1) is 0 Å². The van der Waals surface area contributed by atoms with E-state index < -0.39 is 13.4 Å². The van der Waals surface area contributed by atoms with Crippen LogP contribution in [0.2, 0.25) is 0 Å². The summed E-state index contributed by atoms with van der Waals surface area (Å²) >= 11 is 0. The molecule has 1 aromatic rings. The zero-order valence-electron chi connectivity index (χ0n) is 9.50. The smallest absolute Gasteiger partial charge is 0.358 e. The third-order valence-electron chi connectivity index (χ3n) is 2.41. The molecule has 0 radical (unpaired) electrons. The number of aliphatic hydroxyl groups is 1. The molecule has 0 aromatic heterocycles. The molecule has 0 amide bonds. The van der Waals surface area contributed by atoms with Gasteiger partial charge in [0.25, 0.3) is 0 Å². The molecular formula is C11H17O4P. The van der Waals surface area contributed by atoms with Crippen LogP contribution in [-0.4, -0.2) is 25.2 Å². The fraction of sp³-hybridized carbons (Fsp3) is 0.455. The van der Waals surface area contributed by atoms with E-state index in [0.717, 1.165) is 5.56 Å². The first-order valence-electron chi connectivity index (χ1n) is 5.05. The second kappa shape index (κ2) is 6.16. The van der Waals surface area contributed by atoms with Gasteiger partial charge in [0.2, 0.25) is 0 Å². The van der Waals surface area contributed by atoms with Crippen LogP contribution in [0.1, 0.15) is 12.0 Å². The minimum atomic E-state index is -3.35. The summed E-state index contributed by atoms with van der Waals surface area (Å²) in [5.74, 6) is -1.08. The van der Waals surface area contributed by atoms with Crippen LogP contribution in [0.5, 0.6) is 0 Å². The van der Waals surface area contributed by atoms with E-state index in [1.807, 2.05) is 30.3 Å². The zero-order valence-corrected chi connectivity index (χ0v) is 10.4. The average Bonchev–Trinajstić information content (AvgIpc) is 2.36. The molecule has 5 heteroatoms. The fourth-order valence-corrected chi connectivity index (χ4v) is 2.50. The monoisotopic (exact) mass is 244 g/mol. The Balaban J connectivity index is 2.53. The molecule has 0 spiro atoms. The number of hydrogen-bond acceptors (Lipinski definition) is 4. The molecule has 0 heterocycles. The van der Waals surface area contributed by atoms with Crippen molar-refractivity contribution in [3.63, 3.8) is 0 Å². The minimum Gasteiger partial charge on any atom is -0.380 e. The summed E-state index contributed by atoms with van der Waals surface area (Å²) in [6, 6.07) is 9.69. The molecule has 4 nitrogen and oxygen atoms in total. The maximum Gasteiger partial charge on any atom is 0.358 e. The SMILES string of the molecule is COP(=O)(OC)C(O)CCc1ccccc1. The molecule has 16 heavy (non-hydrogen) atoms. The molecule has 0 aliphatic rings. The molecule has 90 valence electrons. The van der Waals surface area contributed by atoms with E-state index in [1.54, 1.807) is 0 Å². The van der Waals surface area contributed by atoms with E-state index in [2.05, 4.69) is 0 Å². The van der Waals surface area contributed by atoms with Crippen molar-refractivity contribution >= 4 is 7.60 Å². The summed E-state index contributed by atoms with van der Waals surface area (Å²) in [6.07, 6.45) is 0.988. The minimum absolute atomic E-state index is 0.350. The topological polar surface area (TPSA) is 55.8 Å². The molecule has 1 aromatic carbocycles. The van der Waals surface area contributed by atoms with Crippen molar-refractivity contribution in [3.8, 4) is 0 Å². The molecule has 1 rings (SSSR count). The van der Waals surface area contributed by atoms with Gasteiger partial charge in [0.1, 0.15) is 0 Å². The largest absolute Gasteiger partial charge is 0.380 e. The van der Waals surface area contributed by atoms with Crippen LogP contribution in [0.25, 0.3) is 0 Å². The molecule has 0 aliphatic carbocycles. The van der Waals surface area contributed by atoms with Crippen molar-refractivity contribution in [2.75, 3.05) is 14.2 Å². The van der Waals surface area contributed by atoms with E-state index in [9.17, 15) is 9.67 Å². The molecule has 0 fully saturated rings. The highest BCUT2D eigenvalue weighted by atomic mass is 31.2. The summed E-state index contributed by atoms with van der Waals surface area (Å²) < 4.78 is 21.2. The number of rotatable bonds is 6. The Bertz CT molecular complexity index is 344. The summed E-state index contributed by atoms with van der Waals surface area (Å²) in [6.45, 7) is 0. The third kappa shape index (κ3) is 3.42. The fourth-order valence-electron chi connectivity index (χ4n) is 1.42. The highest BCUT2D eigenvalue weighted by Gasteiger charge is 2.31. The molecule has 0 saturated heterocycles. The zero-order chi connectivity index (χ0) is 12.0. The van der Waals surface area contributed by atoms with Crippen molar-refractivity contribution in [2.24, 2.45) is 0 Å². The van der Waals surface area contributed by atoms with Crippen LogP contribution >= 0.6 is 7.60 Å². The van der Waals surface area contributed by atoms with E-state index in [-0.39, 0.29) is 0 Å². The highest BCUT2D eigenvalue weighted by Crippen LogP contribution is 2.51. The van der Waals surface area contributed by atoms with E-state index in [1.165, 1.54) is 14.2 Å². The summed E-state index contributed by atoms with van der Waals surface area (Å²) in [4.78, 5) is 0. The Morgan fingerprint density at radius 1 is 1.25 bits per heavy atom. The summed E-state index contributed by atoms with van der Waals surface area (Å²) in [7, 11) is -0.806.